The van der Waals surface area contributed by atoms with Crippen LogP contribution >= 0.6 is 11.6 Å². The van der Waals surface area contributed by atoms with Gasteiger partial charge in [0.15, 0.2) is 0 Å². The van der Waals surface area contributed by atoms with Crippen molar-refractivity contribution in [3.63, 3.8) is 0 Å². The van der Waals surface area contributed by atoms with Gasteiger partial charge < -0.3 is 10.5 Å². The second-order valence-electron chi connectivity index (χ2n) is 4.97. The molecule has 106 valence electrons. The molecule has 0 unspecified atom stereocenters. The van der Waals surface area contributed by atoms with Crippen LogP contribution in [0, 0.1) is 0 Å². The van der Waals surface area contributed by atoms with Crippen molar-refractivity contribution < 1.29 is 4.74 Å². The first-order valence-corrected chi connectivity index (χ1v) is 7.29. The minimum atomic E-state index is -0.0325. The van der Waals surface area contributed by atoms with Crippen LogP contribution in [0.2, 0.25) is 5.02 Å². The molecule has 2 nitrogen and oxygen atoms in total. The van der Waals surface area contributed by atoms with E-state index in [1.54, 1.807) is 0 Å². The fourth-order valence-corrected chi connectivity index (χ4v) is 2.25. The van der Waals surface area contributed by atoms with E-state index >= 15 is 0 Å². The van der Waals surface area contributed by atoms with E-state index in [0.29, 0.717) is 10.8 Å². The van der Waals surface area contributed by atoms with Crippen molar-refractivity contribution >= 4 is 11.6 Å². The van der Waals surface area contributed by atoms with Gasteiger partial charge in [-0.2, -0.15) is 0 Å². The lowest BCUT2D eigenvalue weighted by atomic mass is 10.1. The van der Waals surface area contributed by atoms with E-state index in [0.717, 1.165) is 24.2 Å². The quantitative estimate of drug-likeness (QED) is 0.830. The second kappa shape index (κ2) is 6.78. The molecule has 0 aliphatic carbocycles. The number of aryl methyl sites for hydroxylation is 1. The van der Waals surface area contributed by atoms with Crippen molar-refractivity contribution in [2.75, 3.05) is 0 Å². The van der Waals surface area contributed by atoms with E-state index in [-0.39, 0.29) is 6.04 Å². The third kappa shape index (κ3) is 3.75. The second-order valence-corrected chi connectivity index (χ2v) is 5.38. The third-order valence-corrected chi connectivity index (χ3v) is 3.47. The van der Waals surface area contributed by atoms with Gasteiger partial charge in [0.1, 0.15) is 11.5 Å². The fourth-order valence-electron chi connectivity index (χ4n) is 2.02. The highest BCUT2D eigenvalue weighted by Crippen LogP contribution is 2.31. The van der Waals surface area contributed by atoms with Crippen LogP contribution in [-0.4, -0.2) is 0 Å². The molecule has 0 amide bonds. The Balaban J connectivity index is 2.13. The first-order valence-electron chi connectivity index (χ1n) is 6.92. The van der Waals surface area contributed by atoms with Crippen molar-refractivity contribution in [3.8, 4) is 11.5 Å². The third-order valence-electron chi connectivity index (χ3n) is 3.17. The van der Waals surface area contributed by atoms with Gasteiger partial charge in [0.25, 0.3) is 0 Å². The van der Waals surface area contributed by atoms with Crippen molar-refractivity contribution in [2.24, 2.45) is 5.73 Å². The summed E-state index contributed by atoms with van der Waals surface area (Å²) in [6.07, 6.45) is 2.23. The molecular weight excluding hydrogens is 270 g/mol. The molecule has 0 fully saturated rings. The zero-order chi connectivity index (χ0) is 14.5. The molecule has 0 bridgehead atoms. The summed E-state index contributed by atoms with van der Waals surface area (Å²) in [6.45, 7) is 4.10. The summed E-state index contributed by atoms with van der Waals surface area (Å²) >= 11 is 6.22. The normalized spacial score (nSPS) is 12.2. The molecule has 2 N–H and O–H groups in total. The van der Waals surface area contributed by atoms with Gasteiger partial charge >= 0.3 is 0 Å². The van der Waals surface area contributed by atoms with Crippen LogP contribution in [0.3, 0.4) is 0 Å². The summed E-state index contributed by atoms with van der Waals surface area (Å²) in [4.78, 5) is 0. The molecule has 20 heavy (non-hydrogen) atoms. The minimum absolute atomic E-state index is 0.0325. The van der Waals surface area contributed by atoms with E-state index < -0.39 is 0 Å². The lowest BCUT2D eigenvalue weighted by Gasteiger charge is -2.11. The maximum absolute atomic E-state index is 6.22. The molecule has 0 aliphatic heterocycles. The van der Waals surface area contributed by atoms with Gasteiger partial charge in [0.05, 0.1) is 5.02 Å². The van der Waals surface area contributed by atoms with Crippen LogP contribution < -0.4 is 10.5 Å². The van der Waals surface area contributed by atoms with Gasteiger partial charge in [-0.25, -0.2) is 0 Å². The number of ether oxygens (including phenoxy) is 1. The highest BCUT2D eigenvalue weighted by atomic mass is 35.5. The molecule has 0 aliphatic rings. The average molecular weight is 290 g/mol. The lowest BCUT2D eigenvalue weighted by molar-refractivity contribution is 0.482. The first-order chi connectivity index (χ1) is 9.60. The topological polar surface area (TPSA) is 35.2 Å². The largest absolute Gasteiger partial charge is 0.456 e. The highest BCUT2D eigenvalue weighted by molar-refractivity contribution is 6.32. The molecule has 0 saturated heterocycles. The summed E-state index contributed by atoms with van der Waals surface area (Å²) in [5, 5.41) is 0.581. The van der Waals surface area contributed by atoms with Crippen LogP contribution in [0.4, 0.5) is 0 Å². The van der Waals surface area contributed by atoms with Gasteiger partial charge in [-0.1, -0.05) is 43.1 Å². The maximum atomic E-state index is 6.22. The fraction of sp³-hybridized carbons (Fsp3) is 0.294. The number of benzene rings is 2. The van der Waals surface area contributed by atoms with Crippen molar-refractivity contribution in [1.82, 2.24) is 0 Å². The number of hydrogen-bond acceptors (Lipinski definition) is 2. The smallest absolute Gasteiger partial charge is 0.146 e. The molecule has 0 radical (unpaired) electrons. The molecule has 0 heterocycles. The van der Waals surface area contributed by atoms with Crippen molar-refractivity contribution in [1.29, 1.82) is 0 Å². The monoisotopic (exact) mass is 289 g/mol. The zero-order valence-corrected chi connectivity index (χ0v) is 12.7. The highest BCUT2D eigenvalue weighted by Gasteiger charge is 2.07. The number of halogens is 1. The van der Waals surface area contributed by atoms with Crippen molar-refractivity contribution in [2.45, 2.75) is 32.7 Å². The van der Waals surface area contributed by atoms with Crippen LogP contribution in [0.15, 0.2) is 42.5 Å². The van der Waals surface area contributed by atoms with Gasteiger partial charge in [-0.15, -0.1) is 0 Å². The summed E-state index contributed by atoms with van der Waals surface area (Å²) in [5.41, 5.74) is 8.15. The lowest BCUT2D eigenvalue weighted by Crippen LogP contribution is -2.04. The minimum Gasteiger partial charge on any atom is -0.456 e. The molecule has 0 spiro atoms. The Morgan fingerprint density at radius 3 is 2.40 bits per heavy atom. The van der Waals surface area contributed by atoms with Crippen LogP contribution in [-0.2, 0) is 6.42 Å². The van der Waals surface area contributed by atoms with E-state index in [2.05, 4.69) is 19.1 Å². The SMILES string of the molecule is CCCc1ccc(Oc2ccc([C@H](C)N)cc2Cl)cc1. The van der Waals surface area contributed by atoms with E-state index in [4.69, 9.17) is 22.1 Å². The molecule has 2 aromatic rings. The Morgan fingerprint density at radius 2 is 1.85 bits per heavy atom. The summed E-state index contributed by atoms with van der Waals surface area (Å²) in [5.74, 6) is 1.44. The predicted molar refractivity (Wildman–Crippen MR) is 84.6 cm³/mol. The summed E-state index contributed by atoms with van der Waals surface area (Å²) in [6, 6.07) is 13.7. The standard InChI is InChI=1S/C17H20ClNO/c1-3-4-13-5-8-15(9-6-13)20-17-10-7-14(12(2)19)11-16(17)18/h5-12H,3-4,19H2,1-2H3/t12-/m0/s1. The Labute approximate surface area is 125 Å². The molecule has 0 aromatic heterocycles. The maximum Gasteiger partial charge on any atom is 0.146 e. The summed E-state index contributed by atoms with van der Waals surface area (Å²) in [7, 11) is 0. The Kier molecular flexibility index (Phi) is 5.05. The molecule has 2 aromatic carbocycles. The number of hydrogen-bond donors (Lipinski definition) is 1. The Hall–Kier alpha value is -1.51. The van der Waals surface area contributed by atoms with Gasteiger partial charge in [-0.3, -0.25) is 0 Å². The summed E-state index contributed by atoms with van der Waals surface area (Å²) < 4.78 is 5.80. The van der Waals surface area contributed by atoms with Crippen LogP contribution in [0.25, 0.3) is 0 Å². The predicted octanol–water partition coefficient (Wildman–Crippen LogP) is 5.10. The van der Waals surface area contributed by atoms with Gasteiger partial charge in [-0.05, 0) is 48.7 Å². The van der Waals surface area contributed by atoms with E-state index in [1.165, 1.54) is 5.56 Å². The molecular formula is C17H20ClNO. The first kappa shape index (κ1) is 14.9. The molecule has 3 heteroatoms. The molecule has 1 atom stereocenters. The van der Waals surface area contributed by atoms with E-state index in [9.17, 15) is 0 Å². The molecule has 0 saturated carbocycles. The Bertz CT molecular complexity index is 564. The molecule has 2 rings (SSSR count). The van der Waals surface area contributed by atoms with Crippen LogP contribution in [0.5, 0.6) is 11.5 Å². The average Bonchev–Trinajstić information content (AvgIpc) is 2.43. The number of rotatable bonds is 5. The van der Waals surface area contributed by atoms with Crippen molar-refractivity contribution in [3.05, 3.63) is 58.6 Å². The van der Waals surface area contributed by atoms with E-state index in [1.807, 2.05) is 37.3 Å². The zero-order valence-electron chi connectivity index (χ0n) is 11.9. The number of nitrogens with two attached hydrogens (primary N) is 1. The van der Waals surface area contributed by atoms with Gasteiger partial charge in [0, 0.05) is 6.04 Å². The Morgan fingerprint density at radius 1 is 1.15 bits per heavy atom. The van der Waals surface area contributed by atoms with Gasteiger partial charge in [0.2, 0.25) is 0 Å². The van der Waals surface area contributed by atoms with Crippen LogP contribution in [0.1, 0.15) is 37.4 Å².